The van der Waals surface area contributed by atoms with E-state index in [0.717, 1.165) is 30.8 Å². The molecule has 1 aromatic carbocycles. The van der Waals surface area contributed by atoms with Crippen molar-refractivity contribution in [3.05, 3.63) is 23.8 Å². The first-order chi connectivity index (χ1) is 7.81. The number of aliphatic hydroxyl groups is 1. The summed E-state index contributed by atoms with van der Waals surface area (Å²) in [5, 5.41) is 9.30. The van der Waals surface area contributed by atoms with Crippen LogP contribution in [0.2, 0.25) is 0 Å². The standard InChI is InChI=1S/C13H16O3/c14-9-13(3-4-13)8-10-1-2-11-12(7-10)16-6-5-15-11/h1-2,7,14H,3-6,8-9H2. The maximum atomic E-state index is 9.30. The van der Waals surface area contributed by atoms with Crippen molar-refractivity contribution in [3.8, 4) is 11.5 Å². The lowest BCUT2D eigenvalue weighted by Crippen LogP contribution is -2.16. The predicted octanol–water partition coefficient (Wildman–Crippen LogP) is 1.77. The predicted molar refractivity (Wildman–Crippen MR) is 59.9 cm³/mol. The Balaban J connectivity index is 1.80. The Hall–Kier alpha value is -1.22. The molecule has 86 valence electrons. The zero-order valence-corrected chi connectivity index (χ0v) is 9.24. The van der Waals surface area contributed by atoms with Gasteiger partial charge < -0.3 is 14.6 Å². The Morgan fingerprint density at radius 3 is 2.56 bits per heavy atom. The Labute approximate surface area is 95.0 Å². The van der Waals surface area contributed by atoms with Crippen LogP contribution in [0.5, 0.6) is 11.5 Å². The molecule has 1 aliphatic heterocycles. The Kier molecular flexibility index (Phi) is 2.28. The average molecular weight is 220 g/mol. The van der Waals surface area contributed by atoms with Gasteiger partial charge in [-0.3, -0.25) is 0 Å². The van der Waals surface area contributed by atoms with Gasteiger partial charge in [0.1, 0.15) is 13.2 Å². The number of aliphatic hydroxyl groups excluding tert-OH is 1. The number of hydrogen-bond donors (Lipinski definition) is 1. The van der Waals surface area contributed by atoms with Crippen LogP contribution in [0.4, 0.5) is 0 Å². The van der Waals surface area contributed by atoms with Gasteiger partial charge in [-0.05, 0) is 42.4 Å². The molecular formula is C13H16O3. The van der Waals surface area contributed by atoms with Gasteiger partial charge in [0, 0.05) is 6.61 Å². The molecule has 0 unspecified atom stereocenters. The maximum Gasteiger partial charge on any atom is 0.161 e. The molecule has 0 radical (unpaired) electrons. The minimum atomic E-state index is 0.157. The molecule has 0 amide bonds. The van der Waals surface area contributed by atoms with E-state index in [1.165, 1.54) is 5.56 Å². The van der Waals surface area contributed by atoms with Gasteiger partial charge >= 0.3 is 0 Å². The summed E-state index contributed by atoms with van der Waals surface area (Å²) in [5.41, 5.74) is 1.39. The number of benzene rings is 1. The van der Waals surface area contributed by atoms with E-state index in [1.54, 1.807) is 0 Å². The van der Waals surface area contributed by atoms with E-state index in [-0.39, 0.29) is 5.41 Å². The molecule has 1 heterocycles. The molecule has 0 bridgehead atoms. The van der Waals surface area contributed by atoms with E-state index >= 15 is 0 Å². The molecule has 16 heavy (non-hydrogen) atoms. The molecule has 1 aromatic rings. The van der Waals surface area contributed by atoms with E-state index in [2.05, 4.69) is 6.07 Å². The van der Waals surface area contributed by atoms with Crippen molar-refractivity contribution >= 4 is 0 Å². The number of ether oxygens (including phenoxy) is 2. The Morgan fingerprint density at radius 1 is 1.12 bits per heavy atom. The molecule has 0 aromatic heterocycles. The van der Waals surface area contributed by atoms with Crippen molar-refractivity contribution in [3.63, 3.8) is 0 Å². The van der Waals surface area contributed by atoms with Gasteiger partial charge in [0.15, 0.2) is 11.5 Å². The molecule has 1 aliphatic carbocycles. The monoisotopic (exact) mass is 220 g/mol. The lowest BCUT2D eigenvalue weighted by molar-refractivity contribution is 0.171. The van der Waals surface area contributed by atoms with Crippen LogP contribution >= 0.6 is 0 Å². The third-order valence-corrected chi connectivity index (χ3v) is 3.48. The van der Waals surface area contributed by atoms with Crippen LogP contribution in [-0.4, -0.2) is 24.9 Å². The minimum absolute atomic E-state index is 0.157. The van der Waals surface area contributed by atoms with Gasteiger partial charge in [0.2, 0.25) is 0 Å². The third kappa shape index (κ3) is 1.76. The van der Waals surface area contributed by atoms with Gasteiger partial charge in [0.25, 0.3) is 0 Å². The normalized spacial score (nSPS) is 20.6. The van der Waals surface area contributed by atoms with E-state index in [1.807, 2.05) is 12.1 Å². The first-order valence-corrected chi connectivity index (χ1v) is 5.81. The zero-order valence-electron chi connectivity index (χ0n) is 9.24. The highest BCUT2D eigenvalue weighted by Crippen LogP contribution is 2.48. The highest BCUT2D eigenvalue weighted by molar-refractivity contribution is 5.44. The van der Waals surface area contributed by atoms with Gasteiger partial charge in [-0.1, -0.05) is 6.07 Å². The molecule has 1 N–H and O–H groups in total. The number of rotatable bonds is 3. The molecule has 0 spiro atoms. The third-order valence-electron chi connectivity index (χ3n) is 3.48. The second-order valence-electron chi connectivity index (χ2n) is 4.81. The van der Waals surface area contributed by atoms with Crippen LogP contribution in [0, 0.1) is 5.41 Å². The van der Waals surface area contributed by atoms with Crippen molar-refractivity contribution in [1.29, 1.82) is 0 Å². The fraction of sp³-hybridized carbons (Fsp3) is 0.538. The summed E-state index contributed by atoms with van der Waals surface area (Å²) >= 11 is 0. The summed E-state index contributed by atoms with van der Waals surface area (Å²) in [6.45, 7) is 1.55. The number of fused-ring (bicyclic) bond motifs is 1. The first kappa shape index (κ1) is 9.97. The lowest BCUT2D eigenvalue weighted by atomic mass is 9.97. The molecule has 3 heteroatoms. The molecule has 0 atom stereocenters. The van der Waals surface area contributed by atoms with Crippen LogP contribution in [0.15, 0.2) is 18.2 Å². The quantitative estimate of drug-likeness (QED) is 0.843. The molecule has 2 aliphatic rings. The second kappa shape index (κ2) is 3.67. The summed E-state index contributed by atoms with van der Waals surface area (Å²) in [4.78, 5) is 0. The zero-order chi connectivity index (χ0) is 11.0. The van der Waals surface area contributed by atoms with Crippen molar-refractivity contribution in [2.45, 2.75) is 19.3 Å². The van der Waals surface area contributed by atoms with Gasteiger partial charge in [-0.2, -0.15) is 0 Å². The Morgan fingerprint density at radius 2 is 1.88 bits per heavy atom. The van der Waals surface area contributed by atoms with Crippen LogP contribution < -0.4 is 9.47 Å². The lowest BCUT2D eigenvalue weighted by Gasteiger charge is -2.20. The van der Waals surface area contributed by atoms with Crippen LogP contribution in [0.1, 0.15) is 18.4 Å². The highest BCUT2D eigenvalue weighted by atomic mass is 16.6. The van der Waals surface area contributed by atoms with Gasteiger partial charge in [0.05, 0.1) is 0 Å². The van der Waals surface area contributed by atoms with Gasteiger partial charge in [-0.25, -0.2) is 0 Å². The van der Waals surface area contributed by atoms with E-state index in [4.69, 9.17) is 9.47 Å². The molecule has 3 nitrogen and oxygen atoms in total. The SMILES string of the molecule is OCC1(Cc2ccc3c(c2)OCCO3)CC1. The average Bonchev–Trinajstić information content (AvgIpc) is 3.09. The summed E-state index contributed by atoms with van der Waals surface area (Å²) in [7, 11) is 0. The molecule has 3 rings (SSSR count). The van der Waals surface area contributed by atoms with Crippen molar-refractivity contribution < 1.29 is 14.6 Å². The maximum absolute atomic E-state index is 9.30. The molecule has 0 saturated heterocycles. The largest absolute Gasteiger partial charge is 0.486 e. The summed E-state index contributed by atoms with van der Waals surface area (Å²) < 4.78 is 11.0. The highest BCUT2D eigenvalue weighted by Gasteiger charge is 2.41. The van der Waals surface area contributed by atoms with E-state index < -0.39 is 0 Å². The van der Waals surface area contributed by atoms with Crippen molar-refractivity contribution in [1.82, 2.24) is 0 Å². The van der Waals surface area contributed by atoms with Crippen molar-refractivity contribution in [2.24, 2.45) is 5.41 Å². The second-order valence-corrected chi connectivity index (χ2v) is 4.81. The topological polar surface area (TPSA) is 38.7 Å². The van der Waals surface area contributed by atoms with E-state index in [9.17, 15) is 5.11 Å². The van der Waals surface area contributed by atoms with Crippen LogP contribution in [0.3, 0.4) is 0 Å². The number of hydrogen-bond acceptors (Lipinski definition) is 3. The Bertz CT molecular complexity index is 396. The van der Waals surface area contributed by atoms with Crippen LogP contribution in [0.25, 0.3) is 0 Å². The molecule has 1 saturated carbocycles. The fourth-order valence-electron chi connectivity index (χ4n) is 2.20. The van der Waals surface area contributed by atoms with E-state index in [0.29, 0.717) is 19.8 Å². The first-order valence-electron chi connectivity index (χ1n) is 5.81. The molecular weight excluding hydrogens is 204 g/mol. The summed E-state index contributed by atoms with van der Waals surface area (Å²) in [6.07, 6.45) is 3.22. The summed E-state index contributed by atoms with van der Waals surface area (Å²) in [5.74, 6) is 1.68. The smallest absolute Gasteiger partial charge is 0.161 e. The fourth-order valence-corrected chi connectivity index (χ4v) is 2.20. The minimum Gasteiger partial charge on any atom is -0.486 e. The van der Waals surface area contributed by atoms with Gasteiger partial charge in [-0.15, -0.1) is 0 Å². The van der Waals surface area contributed by atoms with Crippen molar-refractivity contribution in [2.75, 3.05) is 19.8 Å². The summed E-state index contributed by atoms with van der Waals surface area (Å²) in [6, 6.07) is 6.09. The molecule has 1 fully saturated rings. The van der Waals surface area contributed by atoms with Crippen LogP contribution in [-0.2, 0) is 6.42 Å².